The SMILES string of the molecule is FC(F)COc1ccc2c(c1)[C@]13CCCCC1C(C2)NCC3. The van der Waals surface area contributed by atoms with Gasteiger partial charge in [-0.25, -0.2) is 8.78 Å². The van der Waals surface area contributed by atoms with Crippen LogP contribution in [0.3, 0.4) is 0 Å². The van der Waals surface area contributed by atoms with Gasteiger partial charge in [0.2, 0.25) is 0 Å². The average Bonchev–Trinajstić information content (AvgIpc) is 2.53. The quantitative estimate of drug-likeness (QED) is 0.920. The number of ether oxygens (including phenoxy) is 1. The number of piperidine rings is 1. The fourth-order valence-corrected chi connectivity index (χ4v) is 5.15. The summed E-state index contributed by atoms with van der Waals surface area (Å²) in [7, 11) is 0. The standard InChI is InChI=1S/C18H23F2NO/c19-17(20)11-22-13-5-4-12-9-16-14-3-1-2-6-18(14,7-8-21-16)15(12)10-13/h4-5,10,14,16-17,21H,1-3,6-9,11H2/t14?,16?,18-/m0/s1. The van der Waals surface area contributed by atoms with Crippen molar-refractivity contribution < 1.29 is 13.5 Å². The zero-order valence-corrected chi connectivity index (χ0v) is 12.8. The first-order valence-electron chi connectivity index (χ1n) is 8.47. The summed E-state index contributed by atoms with van der Waals surface area (Å²) in [4.78, 5) is 0. The van der Waals surface area contributed by atoms with Crippen LogP contribution in [0.4, 0.5) is 8.78 Å². The van der Waals surface area contributed by atoms with Gasteiger partial charge in [0.25, 0.3) is 6.43 Å². The third-order valence-corrected chi connectivity index (χ3v) is 5.99. The van der Waals surface area contributed by atoms with Crippen molar-refractivity contribution in [3.63, 3.8) is 0 Å². The number of alkyl halides is 2. The van der Waals surface area contributed by atoms with Gasteiger partial charge in [-0.2, -0.15) is 0 Å². The van der Waals surface area contributed by atoms with E-state index in [4.69, 9.17) is 4.74 Å². The van der Waals surface area contributed by atoms with Crippen LogP contribution in [0.1, 0.15) is 43.2 Å². The summed E-state index contributed by atoms with van der Waals surface area (Å²) in [6, 6.07) is 6.62. The summed E-state index contributed by atoms with van der Waals surface area (Å²) in [5.41, 5.74) is 3.04. The summed E-state index contributed by atoms with van der Waals surface area (Å²) in [5, 5.41) is 3.71. The Bertz CT molecular complexity index is 558. The number of rotatable bonds is 3. The summed E-state index contributed by atoms with van der Waals surface area (Å²) in [6.07, 6.45) is 4.95. The van der Waals surface area contributed by atoms with E-state index < -0.39 is 13.0 Å². The summed E-state index contributed by atoms with van der Waals surface area (Å²) >= 11 is 0. The molecule has 3 atom stereocenters. The minimum atomic E-state index is -2.42. The Hall–Kier alpha value is -1.16. The smallest absolute Gasteiger partial charge is 0.272 e. The number of halogens is 2. The number of fused-ring (bicyclic) bond motifs is 1. The van der Waals surface area contributed by atoms with Crippen molar-refractivity contribution >= 4 is 0 Å². The predicted octanol–water partition coefficient (Wildman–Crippen LogP) is 3.68. The van der Waals surface area contributed by atoms with Crippen LogP contribution in [-0.4, -0.2) is 25.6 Å². The molecule has 2 bridgehead atoms. The number of benzene rings is 1. The first kappa shape index (κ1) is 14.4. The zero-order chi connectivity index (χ0) is 15.2. The normalized spacial score (nSPS) is 33.2. The molecular formula is C18H23F2NO. The number of nitrogens with one attached hydrogen (secondary N) is 1. The monoisotopic (exact) mass is 307 g/mol. The van der Waals surface area contributed by atoms with Crippen molar-refractivity contribution in [1.29, 1.82) is 0 Å². The van der Waals surface area contributed by atoms with Crippen molar-refractivity contribution in [2.24, 2.45) is 5.92 Å². The van der Waals surface area contributed by atoms with Gasteiger partial charge in [0.15, 0.2) is 0 Å². The van der Waals surface area contributed by atoms with Gasteiger partial charge in [0, 0.05) is 11.5 Å². The third-order valence-electron chi connectivity index (χ3n) is 5.99. The Labute approximate surface area is 130 Å². The van der Waals surface area contributed by atoms with Crippen LogP contribution >= 0.6 is 0 Å². The molecule has 1 aromatic rings. The molecule has 0 amide bonds. The lowest BCUT2D eigenvalue weighted by Crippen LogP contribution is -2.59. The van der Waals surface area contributed by atoms with E-state index in [9.17, 15) is 8.78 Å². The lowest BCUT2D eigenvalue weighted by molar-refractivity contribution is 0.0757. The average molecular weight is 307 g/mol. The molecule has 4 heteroatoms. The molecule has 22 heavy (non-hydrogen) atoms. The van der Waals surface area contributed by atoms with Crippen LogP contribution < -0.4 is 10.1 Å². The second-order valence-corrected chi connectivity index (χ2v) is 7.04. The molecule has 2 fully saturated rings. The van der Waals surface area contributed by atoms with Crippen LogP contribution in [0.5, 0.6) is 5.75 Å². The minimum Gasteiger partial charge on any atom is -0.488 e. The molecule has 4 rings (SSSR count). The van der Waals surface area contributed by atoms with Crippen LogP contribution in [0.25, 0.3) is 0 Å². The zero-order valence-electron chi connectivity index (χ0n) is 12.8. The second kappa shape index (κ2) is 5.48. The highest BCUT2D eigenvalue weighted by molar-refractivity contribution is 5.45. The maximum Gasteiger partial charge on any atom is 0.272 e. The van der Waals surface area contributed by atoms with E-state index in [1.165, 1.54) is 43.2 Å². The van der Waals surface area contributed by atoms with Gasteiger partial charge in [-0.05, 0) is 61.4 Å². The van der Waals surface area contributed by atoms with Gasteiger partial charge in [-0.15, -0.1) is 0 Å². The first-order chi connectivity index (χ1) is 10.7. The Morgan fingerprint density at radius 3 is 3.05 bits per heavy atom. The Morgan fingerprint density at radius 1 is 1.27 bits per heavy atom. The molecule has 1 heterocycles. The second-order valence-electron chi connectivity index (χ2n) is 7.04. The predicted molar refractivity (Wildman–Crippen MR) is 81.7 cm³/mol. The highest BCUT2D eigenvalue weighted by Crippen LogP contribution is 2.54. The van der Waals surface area contributed by atoms with Crippen LogP contribution in [-0.2, 0) is 11.8 Å². The maximum absolute atomic E-state index is 12.4. The summed E-state index contributed by atoms with van der Waals surface area (Å²) in [6.45, 7) is 0.558. The van der Waals surface area contributed by atoms with Crippen molar-refractivity contribution in [2.75, 3.05) is 13.2 Å². The van der Waals surface area contributed by atoms with Crippen molar-refractivity contribution in [3.8, 4) is 5.75 Å². The van der Waals surface area contributed by atoms with E-state index in [0.29, 0.717) is 17.7 Å². The van der Waals surface area contributed by atoms with Gasteiger partial charge in [0.1, 0.15) is 12.4 Å². The van der Waals surface area contributed by atoms with Crippen molar-refractivity contribution in [1.82, 2.24) is 5.32 Å². The molecule has 2 aliphatic carbocycles. The molecule has 2 unspecified atom stereocenters. The fraction of sp³-hybridized carbons (Fsp3) is 0.667. The van der Waals surface area contributed by atoms with E-state index >= 15 is 0 Å². The van der Waals surface area contributed by atoms with Gasteiger partial charge >= 0.3 is 0 Å². The Morgan fingerprint density at radius 2 is 2.18 bits per heavy atom. The lowest BCUT2D eigenvalue weighted by atomic mass is 9.53. The van der Waals surface area contributed by atoms with Crippen LogP contribution in [0.2, 0.25) is 0 Å². The first-order valence-corrected chi connectivity index (χ1v) is 8.47. The molecule has 0 spiro atoms. The summed E-state index contributed by atoms with van der Waals surface area (Å²) in [5.74, 6) is 1.31. The molecular weight excluding hydrogens is 284 g/mol. The van der Waals surface area contributed by atoms with E-state index in [0.717, 1.165) is 13.0 Å². The molecule has 0 aromatic heterocycles. The molecule has 3 aliphatic rings. The maximum atomic E-state index is 12.4. The molecule has 2 nitrogen and oxygen atoms in total. The third kappa shape index (κ3) is 2.23. The molecule has 1 saturated carbocycles. The Balaban J connectivity index is 1.72. The van der Waals surface area contributed by atoms with E-state index in [2.05, 4.69) is 17.4 Å². The van der Waals surface area contributed by atoms with Crippen LogP contribution in [0, 0.1) is 5.92 Å². The number of hydrogen-bond donors (Lipinski definition) is 1. The van der Waals surface area contributed by atoms with Crippen molar-refractivity contribution in [2.45, 2.75) is 56.4 Å². The molecule has 1 aromatic carbocycles. The Kier molecular flexibility index (Phi) is 3.60. The number of hydrogen-bond acceptors (Lipinski definition) is 2. The van der Waals surface area contributed by atoms with Crippen LogP contribution in [0.15, 0.2) is 18.2 Å². The fourth-order valence-electron chi connectivity index (χ4n) is 5.15. The molecule has 120 valence electrons. The molecule has 1 saturated heterocycles. The van der Waals surface area contributed by atoms with Gasteiger partial charge in [-0.1, -0.05) is 18.9 Å². The molecule has 1 N–H and O–H groups in total. The summed E-state index contributed by atoms with van der Waals surface area (Å²) < 4.78 is 30.1. The van der Waals surface area contributed by atoms with Crippen molar-refractivity contribution in [3.05, 3.63) is 29.3 Å². The van der Waals surface area contributed by atoms with E-state index in [1.807, 2.05) is 6.07 Å². The van der Waals surface area contributed by atoms with E-state index in [-0.39, 0.29) is 5.41 Å². The highest BCUT2D eigenvalue weighted by Gasteiger charge is 2.51. The molecule has 1 aliphatic heterocycles. The highest BCUT2D eigenvalue weighted by atomic mass is 19.3. The topological polar surface area (TPSA) is 21.3 Å². The largest absolute Gasteiger partial charge is 0.488 e. The van der Waals surface area contributed by atoms with E-state index in [1.54, 1.807) is 0 Å². The lowest BCUT2D eigenvalue weighted by Gasteiger charge is -2.56. The molecule has 0 radical (unpaired) electrons. The minimum absolute atomic E-state index is 0.256. The van der Waals surface area contributed by atoms with Gasteiger partial charge < -0.3 is 10.1 Å². The van der Waals surface area contributed by atoms with Gasteiger partial charge in [-0.3, -0.25) is 0 Å². The van der Waals surface area contributed by atoms with Gasteiger partial charge in [0.05, 0.1) is 0 Å².